The van der Waals surface area contributed by atoms with E-state index in [1.54, 1.807) is 31.2 Å². The SMILES string of the molecule is C[C@@H]1Oc2ccccc2O[C@@H]1C(=O)Nc1cc2c(cc1Cl)OCO2. The molecular formula is C17H14ClNO5. The molecule has 2 aromatic carbocycles. The minimum atomic E-state index is -0.790. The molecule has 0 saturated heterocycles. The summed E-state index contributed by atoms with van der Waals surface area (Å²) in [7, 11) is 0. The Balaban J connectivity index is 1.55. The number of nitrogens with one attached hydrogen (secondary N) is 1. The fraction of sp³-hybridized carbons (Fsp3) is 0.235. The molecule has 4 rings (SSSR count). The normalized spacial score (nSPS) is 20.6. The Kier molecular flexibility index (Phi) is 3.61. The fourth-order valence-electron chi connectivity index (χ4n) is 2.62. The quantitative estimate of drug-likeness (QED) is 0.903. The summed E-state index contributed by atoms with van der Waals surface area (Å²) in [6.07, 6.45) is -1.23. The molecule has 0 bridgehead atoms. The van der Waals surface area contributed by atoms with E-state index in [1.807, 2.05) is 12.1 Å². The number of hydrogen-bond donors (Lipinski definition) is 1. The van der Waals surface area contributed by atoms with E-state index in [4.69, 9.17) is 30.5 Å². The van der Waals surface area contributed by atoms with E-state index in [2.05, 4.69) is 5.32 Å². The number of amides is 1. The van der Waals surface area contributed by atoms with Crippen molar-refractivity contribution in [3.8, 4) is 23.0 Å². The first-order valence-electron chi connectivity index (χ1n) is 7.44. The van der Waals surface area contributed by atoms with E-state index in [1.165, 1.54) is 0 Å². The van der Waals surface area contributed by atoms with Crippen LogP contribution in [0.5, 0.6) is 23.0 Å². The molecule has 2 aromatic rings. The van der Waals surface area contributed by atoms with Crippen LogP contribution in [0.3, 0.4) is 0 Å². The lowest BCUT2D eigenvalue weighted by molar-refractivity contribution is -0.128. The molecule has 1 amide bonds. The molecule has 0 saturated carbocycles. The predicted octanol–water partition coefficient (Wildman–Crippen LogP) is 3.24. The van der Waals surface area contributed by atoms with Gasteiger partial charge < -0.3 is 24.3 Å². The lowest BCUT2D eigenvalue weighted by Crippen LogP contribution is -2.46. The highest BCUT2D eigenvalue weighted by Gasteiger charge is 2.34. The van der Waals surface area contributed by atoms with Crippen LogP contribution in [-0.2, 0) is 4.79 Å². The maximum Gasteiger partial charge on any atom is 0.269 e. The number of rotatable bonds is 2. The smallest absolute Gasteiger partial charge is 0.269 e. The van der Waals surface area contributed by atoms with Crippen molar-refractivity contribution in [3.05, 3.63) is 41.4 Å². The number of hydrogen-bond acceptors (Lipinski definition) is 5. The molecule has 6 nitrogen and oxygen atoms in total. The topological polar surface area (TPSA) is 66.0 Å². The summed E-state index contributed by atoms with van der Waals surface area (Å²) in [6.45, 7) is 1.91. The summed E-state index contributed by atoms with van der Waals surface area (Å²) in [5.74, 6) is 1.90. The number of benzene rings is 2. The van der Waals surface area contributed by atoms with Gasteiger partial charge in [-0.15, -0.1) is 0 Å². The van der Waals surface area contributed by atoms with Gasteiger partial charge in [0.05, 0.1) is 10.7 Å². The maximum absolute atomic E-state index is 12.6. The zero-order valence-corrected chi connectivity index (χ0v) is 13.5. The van der Waals surface area contributed by atoms with E-state index < -0.39 is 12.2 Å². The van der Waals surface area contributed by atoms with Crippen molar-refractivity contribution in [2.75, 3.05) is 12.1 Å². The molecule has 0 radical (unpaired) electrons. The van der Waals surface area contributed by atoms with Gasteiger partial charge in [0.15, 0.2) is 23.0 Å². The van der Waals surface area contributed by atoms with E-state index in [0.29, 0.717) is 33.7 Å². The molecular weight excluding hydrogens is 334 g/mol. The molecule has 0 fully saturated rings. The average Bonchev–Trinajstić information content (AvgIpc) is 3.01. The molecule has 0 spiro atoms. The van der Waals surface area contributed by atoms with Crippen LogP contribution in [0.15, 0.2) is 36.4 Å². The molecule has 0 unspecified atom stereocenters. The lowest BCUT2D eigenvalue weighted by atomic mass is 10.1. The van der Waals surface area contributed by atoms with Crippen LogP contribution in [0.2, 0.25) is 5.02 Å². The van der Waals surface area contributed by atoms with Crippen molar-refractivity contribution < 1.29 is 23.7 Å². The number of para-hydroxylation sites is 2. The van der Waals surface area contributed by atoms with Gasteiger partial charge in [-0.1, -0.05) is 23.7 Å². The van der Waals surface area contributed by atoms with E-state index in [9.17, 15) is 4.79 Å². The van der Waals surface area contributed by atoms with Crippen molar-refractivity contribution in [3.63, 3.8) is 0 Å². The van der Waals surface area contributed by atoms with Crippen LogP contribution >= 0.6 is 11.6 Å². The molecule has 7 heteroatoms. The van der Waals surface area contributed by atoms with Crippen molar-refractivity contribution in [1.29, 1.82) is 0 Å². The van der Waals surface area contributed by atoms with Crippen LogP contribution in [0.1, 0.15) is 6.92 Å². The summed E-state index contributed by atoms with van der Waals surface area (Å²) in [6, 6.07) is 10.5. The summed E-state index contributed by atoms with van der Waals surface area (Å²) in [5, 5.41) is 3.12. The van der Waals surface area contributed by atoms with E-state index in [-0.39, 0.29) is 12.7 Å². The Bertz CT molecular complexity index is 810. The Labute approximate surface area is 143 Å². The number of ether oxygens (including phenoxy) is 4. The summed E-state index contributed by atoms with van der Waals surface area (Å²) >= 11 is 6.19. The minimum Gasteiger partial charge on any atom is -0.482 e. The molecule has 1 N–H and O–H groups in total. The number of carbonyl (C=O) groups is 1. The van der Waals surface area contributed by atoms with Crippen molar-refractivity contribution in [2.45, 2.75) is 19.1 Å². The first kappa shape index (κ1) is 15.0. The number of fused-ring (bicyclic) bond motifs is 2. The van der Waals surface area contributed by atoms with Crippen molar-refractivity contribution in [1.82, 2.24) is 0 Å². The van der Waals surface area contributed by atoms with Crippen LogP contribution in [0, 0.1) is 0 Å². The first-order chi connectivity index (χ1) is 11.6. The highest BCUT2D eigenvalue weighted by Crippen LogP contribution is 2.39. The molecule has 0 aromatic heterocycles. The number of anilines is 1. The Morgan fingerprint density at radius 3 is 2.50 bits per heavy atom. The van der Waals surface area contributed by atoms with Gasteiger partial charge in [-0.2, -0.15) is 0 Å². The Morgan fingerprint density at radius 1 is 1.08 bits per heavy atom. The summed E-state index contributed by atoms with van der Waals surface area (Å²) in [4.78, 5) is 12.6. The highest BCUT2D eigenvalue weighted by atomic mass is 35.5. The van der Waals surface area contributed by atoms with Gasteiger partial charge in [-0.05, 0) is 19.1 Å². The van der Waals surface area contributed by atoms with E-state index >= 15 is 0 Å². The fourth-order valence-corrected chi connectivity index (χ4v) is 2.82. The van der Waals surface area contributed by atoms with Gasteiger partial charge in [-0.25, -0.2) is 0 Å². The molecule has 2 heterocycles. The third kappa shape index (κ3) is 2.59. The minimum absolute atomic E-state index is 0.135. The van der Waals surface area contributed by atoms with Crippen molar-refractivity contribution >= 4 is 23.2 Å². The monoisotopic (exact) mass is 347 g/mol. The van der Waals surface area contributed by atoms with Gasteiger partial charge in [0.2, 0.25) is 12.9 Å². The number of halogens is 1. The second-order valence-electron chi connectivity index (χ2n) is 5.48. The standard InChI is InChI=1S/C17H14ClNO5/c1-9-16(24-13-5-3-2-4-12(13)23-9)17(20)19-11-7-15-14(6-10(11)18)21-8-22-15/h2-7,9,16H,8H2,1H3,(H,19,20)/t9-,16-/m0/s1. The third-order valence-electron chi connectivity index (χ3n) is 3.82. The van der Waals surface area contributed by atoms with Gasteiger partial charge >= 0.3 is 0 Å². The lowest BCUT2D eigenvalue weighted by Gasteiger charge is -2.31. The molecule has 24 heavy (non-hydrogen) atoms. The Hall–Kier alpha value is -2.60. The number of carbonyl (C=O) groups excluding carboxylic acids is 1. The van der Waals surface area contributed by atoms with Crippen molar-refractivity contribution in [2.24, 2.45) is 0 Å². The molecule has 124 valence electrons. The van der Waals surface area contributed by atoms with Crippen LogP contribution < -0.4 is 24.3 Å². The average molecular weight is 348 g/mol. The van der Waals surface area contributed by atoms with Gasteiger partial charge in [-0.3, -0.25) is 4.79 Å². The molecule has 2 atom stereocenters. The van der Waals surface area contributed by atoms with Crippen LogP contribution in [0.25, 0.3) is 0 Å². The third-order valence-corrected chi connectivity index (χ3v) is 4.13. The zero-order chi connectivity index (χ0) is 16.7. The predicted molar refractivity (Wildman–Crippen MR) is 87.2 cm³/mol. The summed E-state index contributed by atoms with van der Waals surface area (Å²) in [5.41, 5.74) is 0.431. The molecule has 2 aliphatic heterocycles. The largest absolute Gasteiger partial charge is 0.482 e. The second kappa shape index (κ2) is 5.79. The van der Waals surface area contributed by atoms with Crippen LogP contribution in [0.4, 0.5) is 5.69 Å². The highest BCUT2D eigenvalue weighted by molar-refractivity contribution is 6.34. The van der Waals surface area contributed by atoms with Gasteiger partial charge in [0.1, 0.15) is 6.10 Å². The van der Waals surface area contributed by atoms with Crippen LogP contribution in [-0.4, -0.2) is 24.9 Å². The zero-order valence-electron chi connectivity index (χ0n) is 12.7. The maximum atomic E-state index is 12.6. The first-order valence-corrected chi connectivity index (χ1v) is 7.82. The summed E-state index contributed by atoms with van der Waals surface area (Å²) < 4.78 is 22.1. The molecule has 0 aliphatic carbocycles. The van der Waals surface area contributed by atoms with E-state index in [0.717, 1.165) is 0 Å². The Morgan fingerprint density at radius 2 is 1.75 bits per heavy atom. The van der Waals surface area contributed by atoms with Gasteiger partial charge in [0.25, 0.3) is 5.91 Å². The molecule has 2 aliphatic rings. The second-order valence-corrected chi connectivity index (χ2v) is 5.89. The van der Waals surface area contributed by atoms with Gasteiger partial charge in [0, 0.05) is 12.1 Å².